The summed E-state index contributed by atoms with van der Waals surface area (Å²) in [5, 5.41) is 26.1. The standard InChI is InChI=1S/C36H40N4S4/c1-5-29(41-17-1)33-21-9-11-23(37-21)34(30-6-2-18-42-30)25-13-15-27(39-25)36(32-8-4-20-44-32)28-16-14-26(40-28)35(31-7-3-19-43-31)24-12-10-22(33)38-24/h1-9,11,14,16-28,33-40H,10,12-13,15H2. The third-order valence-corrected chi connectivity index (χ3v) is 14.9. The van der Waals surface area contributed by atoms with Crippen molar-refractivity contribution in [2.24, 2.45) is 0 Å². The van der Waals surface area contributed by atoms with Gasteiger partial charge in [0.1, 0.15) is 0 Å². The molecule has 0 radical (unpaired) electrons. The number of hydrogen-bond acceptors (Lipinski definition) is 8. The van der Waals surface area contributed by atoms with Gasteiger partial charge >= 0.3 is 0 Å². The number of thiophene rings is 4. The minimum absolute atomic E-state index is 0.329. The van der Waals surface area contributed by atoms with Crippen molar-refractivity contribution in [3.8, 4) is 0 Å². The maximum absolute atomic E-state index is 4.28. The van der Waals surface area contributed by atoms with Crippen LogP contribution >= 0.6 is 45.3 Å². The van der Waals surface area contributed by atoms with E-state index in [1.54, 1.807) is 0 Å². The third-order valence-electron chi connectivity index (χ3n) is 11.0. The molecule has 0 amide bonds. The first-order valence-electron chi connectivity index (χ1n) is 16.3. The summed E-state index contributed by atoms with van der Waals surface area (Å²) < 4.78 is 0. The van der Waals surface area contributed by atoms with Gasteiger partial charge < -0.3 is 21.3 Å². The third kappa shape index (κ3) is 5.06. The van der Waals surface area contributed by atoms with E-state index in [4.69, 9.17) is 0 Å². The zero-order valence-electron chi connectivity index (χ0n) is 24.6. The monoisotopic (exact) mass is 656 g/mol. The van der Waals surface area contributed by atoms with Crippen LogP contribution in [0.5, 0.6) is 0 Å². The maximum Gasteiger partial charge on any atom is 0.0348 e. The lowest BCUT2D eigenvalue weighted by Crippen LogP contribution is -2.52. The van der Waals surface area contributed by atoms with Gasteiger partial charge in [-0.1, -0.05) is 48.6 Å². The van der Waals surface area contributed by atoms with E-state index in [1.807, 2.05) is 45.3 Å². The molecule has 3 saturated heterocycles. The topological polar surface area (TPSA) is 48.1 Å². The van der Waals surface area contributed by atoms with Gasteiger partial charge in [0, 0.05) is 91.5 Å². The van der Waals surface area contributed by atoms with Gasteiger partial charge in [-0.25, -0.2) is 0 Å². The normalized spacial score (nSPS) is 39.8. The van der Waals surface area contributed by atoms with Crippen LogP contribution in [0.3, 0.4) is 0 Å². The fourth-order valence-electron chi connectivity index (χ4n) is 9.20. The van der Waals surface area contributed by atoms with Crippen LogP contribution in [0, 0.1) is 0 Å². The molecule has 44 heavy (non-hydrogen) atoms. The molecule has 0 aliphatic carbocycles. The van der Waals surface area contributed by atoms with Crippen LogP contribution in [0.4, 0.5) is 0 Å². The zero-order valence-corrected chi connectivity index (χ0v) is 27.9. The predicted octanol–water partition coefficient (Wildman–Crippen LogP) is 7.42. The molecular formula is C36H40N4S4. The SMILES string of the molecule is C1=CC2NC1C(c1cccs1)C1CCC(N1)C(c1cccs1)C1C=CC(N1)C(c1cccs1)C1CCC(N1)C2c1cccs1. The molecule has 8 heteroatoms. The lowest BCUT2D eigenvalue weighted by atomic mass is 9.87. The van der Waals surface area contributed by atoms with E-state index in [9.17, 15) is 0 Å². The first-order chi connectivity index (χ1) is 21.8. The maximum atomic E-state index is 4.28. The summed E-state index contributed by atoms with van der Waals surface area (Å²) in [4.78, 5) is 6.02. The van der Waals surface area contributed by atoms with E-state index < -0.39 is 0 Å². The fourth-order valence-corrected chi connectivity index (χ4v) is 13.0. The molecule has 0 aromatic carbocycles. The molecule has 228 valence electrons. The number of nitrogens with one attached hydrogen (secondary N) is 4. The van der Waals surface area contributed by atoms with Gasteiger partial charge in [0.05, 0.1) is 0 Å². The van der Waals surface area contributed by atoms with Crippen molar-refractivity contribution >= 4 is 45.3 Å². The van der Waals surface area contributed by atoms with Gasteiger partial charge in [-0.05, 0) is 71.5 Å². The Bertz CT molecular complexity index is 1330. The molecule has 9 heterocycles. The highest BCUT2D eigenvalue weighted by Crippen LogP contribution is 2.45. The quantitative estimate of drug-likeness (QED) is 0.173. The number of fused-ring (bicyclic) bond motifs is 8. The molecule has 5 aliphatic heterocycles. The largest absolute Gasteiger partial charge is 0.310 e. The first-order valence-corrected chi connectivity index (χ1v) is 19.9. The van der Waals surface area contributed by atoms with E-state index in [1.165, 1.54) is 45.2 Å². The Hall–Kier alpha value is -1.88. The van der Waals surface area contributed by atoms with Crippen molar-refractivity contribution in [1.82, 2.24) is 21.3 Å². The van der Waals surface area contributed by atoms with Gasteiger partial charge in [0.25, 0.3) is 0 Å². The molecule has 4 aromatic heterocycles. The van der Waals surface area contributed by atoms with Crippen molar-refractivity contribution in [2.75, 3.05) is 0 Å². The molecule has 0 saturated carbocycles. The number of rotatable bonds is 4. The minimum Gasteiger partial charge on any atom is -0.310 e. The van der Waals surface area contributed by atoms with E-state index in [0.29, 0.717) is 72.0 Å². The van der Waals surface area contributed by atoms with E-state index >= 15 is 0 Å². The average Bonchev–Trinajstić information content (AvgIpc) is 3.90. The van der Waals surface area contributed by atoms with Crippen LogP contribution in [-0.2, 0) is 0 Å². The van der Waals surface area contributed by atoms with Gasteiger partial charge in [-0.3, -0.25) is 0 Å². The van der Waals surface area contributed by atoms with Crippen molar-refractivity contribution in [2.45, 2.75) is 97.7 Å². The zero-order chi connectivity index (χ0) is 29.0. The van der Waals surface area contributed by atoms with Crippen molar-refractivity contribution in [3.05, 3.63) is 114 Å². The highest BCUT2D eigenvalue weighted by atomic mass is 32.1. The Morgan fingerprint density at radius 1 is 0.386 bits per heavy atom. The van der Waals surface area contributed by atoms with E-state index in [-0.39, 0.29) is 0 Å². The Kier molecular flexibility index (Phi) is 7.76. The Morgan fingerprint density at radius 2 is 0.659 bits per heavy atom. The summed E-state index contributed by atoms with van der Waals surface area (Å²) >= 11 is 7.72. The molecule has 3 fully saturated rings. The summed E-state index contributed by atoms with van der Waals surface area (Å²) in [6.07, 6.45) is 14.9. The Labute approximate surface area is 276 Å². The summed E-state index contributed by atoms with van der Waals surface area (Å²) in [6.45, 7) is 0. The molecule has 5 aliphatic rings. The molecular weight excluding hydrogens is 617 g/mol. The van der Waals surface area contributed by atoms with Gasteiger partial charge in [0.15, 0.2) is 0 Å². The Morgan fingerprint density at radius 3 is 0.886 bits per heavy atom. The van der Waals surface area contributed by atoms with Crippen LogP contribution in [-0.4, -0.2) is 48.3 Å². The van der Waals surface area contributed by atoms with Crippen LogP contribution < -0.4 is 21.3 Å². The second-order valence-electron chi connectivity index (χ2n) is 13.3. The van der Waals surface area contributed by atoms with Crippen molar-refractivity contribution in [3.63, 3.8) is 0 Å². The summed E-state index contributed by atoms with van der Waals surface area (Å²) in [5.74, 6) is 1.70. The smallest absolute Gasteiger partial charge is 0.0348 e. The summed E-state index contributed by atoms with van der Waals surface area (Å²) in [7, 11) is 0. The minimum atomic E-state index is 0.329. The molecule has 12 unspecified atom stereocenters. The molecule has 0 spiro atoms. The molecule has 12 atom stereocenters. The second-order valence-corrected chi connectivity index (χ2v) is 17.2. The van der Waals surface area contributed by atoms with Gasteiger partial charge in [-0.2, -0.15) is 0 Å². The lowest BCUT2D eigenvalue weighted by Gasteiger charge is -2.36. The summed E-state index contributed by atoms with van der Waals surface area (Å²) in [5.41, 5.74) is 0. The van der Waals surface area contributed by atoms with Crippen molar-refractivity contribution in [1.29, 1.82) is 0 Å². The highest BCUT2D eigenvalue weighted by molar-refractivity contribution is 7.10. The lowest BCUT2D eigenvalue weighted by molar-refractivity contribution is 0.321. The molecule has 4 N–H and O–H groups in total. The average molecular weight is 657 g/mol. The molecule has 4 nitrogen and oxygen atoms in total. The van der Waals surface area contributed by atoms with Gasteiger partial charge in [0.2, 0.25) is 0 Å². The van der Waals surface area contributed by atoms with E-state index in [2.05, 4.69) is 116 Å². The summed E-state index contributed by atoms with van der Waals surface area (Å²) in [6, 6.07) is 21.6. The van der Waals surface area contributed by atoms with Crippen LogP contribution in [0.25, 0.3) is 0 Å². The molecule has 4 aromatic rings. The first kappa shape index (κ1) is 28.4. The van der Waals surface area contributed by atoms with Crippen LogP contribution in [0.1, 0.15) is 68.9 Å². The second kappa shape index (κ2) is 12.0. The Balaban J connectivity index is 1.13. The van der Waals surface area contributed by atoms with E-state index in [0.717, 1.165) is 0 Å². The van der Waals surface area contributed by atoms with Crippen LogP contribution in [0.15, 0.2) is 94.4 Å². The fraction of sp³-hybridized carbons (Fsp3) is 0.444. The predicted molar refractivity (Wildman–Crippen MR) is 188 cm³/mol. The van der Waals surface area contributed by atoms with Crippen molar-refractivity contribution < 1.29 is 0 Å². The number of hydrogen-bond donors (Lipinski definition) is 4. The molecule has 8 bridgehead atoms. The highest BCUT2D eigenvalue weighted by Gasteiger charge is 2.47. The molecule has 9 rings (SSSR count). The van der Waals surface area contributed by atoms with Gasteiger partial charge in [-0.15, -0.1) is 45.3 Å². The van der Waals surface area contributed by atoms with Crippen LogP contribution in [0.2, 0.25) is 0 Å².